The van der Waals surface area contributed by atoms with E-state index in [0.717, 1.165) is 148 Å². The van der Waals surface area contributed by atoms with Gasteiger partial charge in [-0.05, 0) is 134 Å². The lowest BCUT2D eigenvalue weighted by Gasteiger charge is -2.14. The largest absolute Gasteiger partial charge is 0.382 e. The number of nitrogens with zero attached hydrogens (tertiary/aromatic N) is 10. The number of benzene rings is 3. The summed E-state index contributed by atoms with van der Waals surface area (Å²) < 4.78 is 34.1. The number of aryl methyl sites for hydroxylation is 1. The number of fused-ring (bicyclic) bond motifs is 5. The molecule has 0 saturated carbocycles. The molecule has 0 aliphatic heterocycles. The van der Waals surface area contributed by atoms with Crippen LogP contribution in [0.1, 0.15) is 118 Å². The maximum atomic E-state index is 13.9. The molecule has 0 amide bonds. The molecule has 0 aliphatic rings. The normalized spacial score (nSPS) is 12.3. The highest BCUT2D eigenvalue weighted by Crippen LogP contribution is 2.35. The summed E-state index contributed by atoms with van der Waals surface area (Å²) in [7, 11) is 0. The van der Waals surface area contributed by atoms with Gasteiger partial charge in [0.15, 0.2) is 16.9 Å². The van der Waals surface area contributed by atoms with Crippen LogP contribution in [-0.2, 0) is 19.3 Å². The predicted octanol–water partition coefficient (Wildman–Crippen LogP) is 18.8. The van der Waals surface area contributed by atoms with Crippen LogP contribution in [0.3, 0.4) is 0 Å². The van der Waals surface area contributed by atoms with Crippen molar-refractivity contribution in [3.63, 3.8) is 0 Å². The van der Waals surface area contributed by atoms with E-state index in [1.54, 1.807) is 18.6 Å². The summed E-state index contributed by atoms with van der Waals surface area (Å²) in [6.45, 7) is 24.9. The molecule has 5 N–H and O–H groups in total. The number of nitrogens with one attached hydrogen (secondary N) is 5. The molecule has 0 fully saturated rings. The SMILES string of the molecule is CCC(C)c1cnc2c(NCCc3c[nH]c4ccccc34)cc(-c3cncc(F)c3)cn12.CCC(C)c1cnc2c(NCCc3ccc(C)cc3)cc(-c3cncc(F)c3)cn12.[C-]#[N+]c1cncc(-c2cc(NCCc3c[nH]c4ccccc34)c3ncc(C(C)CC)n3c2)c1. The molecule has 0 radical (unpaired) electrons. The summed E-state index contributed by atoms with van der Waals surface area (Å²) in [4.78, 5) is 36.7. The number of aromatic nitrogens is 11. The summed E-state index contributed by atoms with van der Waals surface area (Å²) in [6, 6.07) is 36.4. The highest BCUT2D eigenvalue weighted by atomic mass is 19.1. The summed E-state index contributed by atoms with van der Waals surface area (Å²) in [5.41, 5.74) is 22.3. The van der Waals surface area contributed by atoms with E-state index in [4.69, 9.17) is 16.5 Å². The number of para-hydroxylation sites is 2. The number of aromatic amines is 2. The Bertz CT molecular complexity index is 4990. The molecule has 3 unspecified atom stereocenters. The third kappa shape index (κ3) is 14.5. The van der Waals surface area contributed by atoms with Crippen LogP contribution in [0, 0.1) is 25.1 Å². The first-order chi connectivity index (χ1) is 46.4. The first-order valence-corrected chi connectivity index (χ1v) is 32.8. The van der Waals surface area contributed by atoms with Gasteiger partial charge in [0.2, 0.25) is 5.69 Å². The van der Waals surface area contributed by atoms with E-state index in [1.165, 1.54) is 63.2 Å². The number of hydrogen-bond acceptors (Lipinski definition) is 9. The Balaban J connectivity index is 0.000000137. The van der Waals surface area contributed by atoms with Gasteiger partial charge in [-0.2, -0.15) is 0 Å². The number of rotatable bonds is 21. The van der Waals surface area contributed by atoms with E-state index in [0.29, 0.717) is 23.4 Å². The second kappa shape index (κ2) is 29.3. The Kier molecular flexibility index (Phi) is 19.8. The van der Waals surface area contributed by atoms with Gasteiger partial charge in [0.05, 0.1) is 36.0 Å². The van der Waals surface area contributed by atoms with Crippen molar-refractivity contribution in [3.05, 3.63) is 258 Å². The van der Waals surface area contributed by atoms with Crippen molar-refractivity contribution in [2.45, 2.75) is 105 Å². The first kappa shape index (κ1) is 64.1. The van der Waals surface area contributed by atoms with Gasteiger partial charge in [0.1, 0.15) is 11.6 Å². The van der Waals surface area contributed by atoms with Crippen LogP contribution in [0.25, 0.3) is 77.0 Å². The molecule has 3 aromatic carbocycles. The van der Waals surface area contributed by atoms with Crippen molar-refractivity contribution in [2.75, 3.05) is 35.6 Å². The Morgan fingerprint density at radius 3 is 1.25 bits per heavy atom. The predicted molar refractivity (Wildman–Crippen MR) is 382 cm³/mol. The molecule has 0 bridgehead atoms. The Hall–Kier alpha value is -11.0. The molecule has 480 valence electrons. The number of pyridine rings is 6. The number of hydrogen-bond donors (Lipinski definition) is 5. The zero-order chi connectivity index (χ0) is 66.0. The quantitative estimate of drug-likeness (QED) is 0.0441. The van der Waals surface area contributed by atoms with Crippen LogP contribution in [0.15, 0.2) is 196 Å². The zero-order valence-corrected chi connectivity index (χ0v) is 54.8. The van der Waals surface area contributed by atoms with Gasteiger partial charge in [-0.1, -0.05) is 108 Å². The molecular weight excluding hydrogens is 1180 g/mol. The van der Waals surface area contributed by atoms with Gasteiger partial charge < -0.3 is 39.1 Å². The summed E-state index contributed by atoms with van der Waals surface area (Å²) >= 11 is 0. The molecule has 17 heteroatoms. The lowest BCUT2D eigenvalue weighted by Crippen LogP contribution is -2.07. The molecule has 0 spiro atoms. The van der Waals surface area contributed by atoms with Gasteiger partial charge in [-0.3, -0.25) is 15.0 Å². The Morgan fingerprint density at radius 1 is 0.463 bits per heavy atom. The molecule has 0 saturated heterocycles. The minimum atomic E-state index is -0.343. The van der Waals surface area contributed by atoms with Gasteiger partial charge in [0, 0.05) is 161 Å². The number of imidazole rings is 3. The van der Waals surface area contributed by atoms with E-state index in [9.17, 15) is 8.78 Å². The molecule has 3 atom stereocenters. The van der Waals surface area contributed by atoms with Gasteiger partial charge in [-0.25, -0.2) is 28.6 Å². The maximum absolute atomic E-state index is 13.9. The smallest absolute Gasteiger partial charge is 0.205 e. The molecule has 14 aromatic rings. The van der Waals surface area contributed by atoms with Gasteiger partial charge in [0.25, 0.3) is 0 Å². The van der Waals surface area contributed by atoms with Crippen molar-refractivity contribution in [1.29, 1.82) is 0 Å². The van der Waals surface area contributed by atoms with Gasteiger partial charge >= 0.3 is 0 Å². The summed E-state index contributed by atoms with van der Waals surface area (Å²) in [5, 5.41) is 13.3. The molecular formula is C78H79F2N15. The topological polar surface area (TPSA) is 163 Å². The van der Waals surface area contributed by atoms with E-state index in [-0.39, 0.29) is 11.6 Å². The number of halogens is 2. The van der Waals surface area contributed by atoms with Crippen molar-refractivity contribution < 1.29 is 8.78 Å². The first-order valence-electron chi connectivity index (χ1n) is 32.8. The zero-order valence-electron chi connectivity index (χ0n) is 54.8. The fourth-order valence-electron chi connectivity index (χ4n) is 12.1. The standard InChI is InChI=1S/C27H26N6.C26H26FN5.C25H27FN4/c1-4-18(2)26-16-32-27-25(30-10-9-19-14-31-24-8-6-5-7-23(19)24)12-21(17-33(26)27)20-11-22(28-3)15-29-13-20;1-3-17(2)25-15-31-26-24(11-20(16-32(25)26)19-10-21(27)14-28-12-19)29-9-8-18-13-30-23-7-5-4-6-22(18)23;1-4-18(3)24-15-29-25-23(28-10-9-19-7-5-17(2)6-8-19)12-21(16-30(24)25)20-11-22(26)14-27-13-20/h5-8,11-18,30-31H,4,9-10H2,1-2H3;4-7,10-17,29-30H,3,8-9H2,1-2H3;5-8,11-16,18,28H,4,9-10H2,1-3H3. The van der Waals surface area contributed by atoms with E-state index in [1.807, 2.05) is 67.5 Å². The van der Waals surface area contributed by atoms with Crippen molar-refractivity contribution in [2.24, 2.45) is 0 Å². The number of anilines is 3. The fourth-order valence-corrected chi connectivity index (χ4v) is 12.1. The Labute approximate surface area is 552 Å². The van der Waals surface area contributed by atoms with E-state index < -0.39 is 0 Å². The highest BCUT2D eigenvalue weighted by molar-refractivity contribution is 5.85. The van der Waals surface area contributed by atoms with Gasteiger partial charge in [-0.15, -0.1) is 0 Å². The minimum Gasteiger partial charge on any atom is -0.382 e. The molecule has 14 rings (SSSR count). The molecule has 0 aliphatic carbocycles. The van der Waals surface area contributed by atoms with E-state index in [2.05, 4.69) is 198 Å². The van der Waals surface area contributed by atoms with Crippen molar-refractivity contribution in [1.82, 2.24) is 53.1 Å². The van der Waals surface area contributed by atoms with Crippen LogP contribution in [0.5, 0.6) is 0 Å². The minimum absolute atomic E-state index is 0.339. The average molecular weight is 1260 g/mol. The highest BCUT2D eigenvalue weighted by Gasteiger charge is 2.19. The monoisotopic (exact) mass is 1260 g/mol. The van der Waals surface area contributed by atoms with Crippen molar-refractivity contribution in [3.8, 4) is 33.4 Å². The third-order valence-electron chi connectivity index (χ3n) is 18.1. The van der Waals surface area contributed by atoms with Crippen LogP contribution >= 0.6 is 0 Å². The van der Waals surface area contributed by atoms with Crippen LogP contribution in [0.2, 0.25) is 0 Å². The fraction of sp³-hybridized carbons (Fsp3) is 0.244. The van der Waals surface area contributed by atoms with Crippen LogP contribution in [0.4, 0.5) is 31.5 Å². The summed E-state index contributed by atoms with van der Waals surface area (Å²) in [5.74, 6) is 0.451. The third-order valence-corrected chi connectivity index (χ3v) is 18.1. The average Bonchev–Trinajstić information content (AvgIpc) is 1.72. The lowest BCUT2D eigenvalue weighted by molar-refractivity contribution is 0.621. The molecule has 11 heterocycles. The number of H-pyrrole nitrogens is 2. The Morgan fingerprint density at radius 2 is 0.853 bits per heavy atom. The second-order valence-corrected chi connectivity index (χ2v) is 24.5. The molecule has 11 aromatic heterocycles. The van der Waals surface area contributed by atoms with Crippen molar-refractivity contribution >= 4 is 61.5 Å². The molecule has 95 heavy (non-hydrogen) atoms. The lowest BCUT2D eigenvalue weighted by atomic mass is 10.1. The molecule has 15 nitrogen and oxygen atoms in total. The van der Waals surface area contributed by atoms with Crippen LogP contribution < -0.4 is 16.0 Å². The van der Waals surface area contributed by atoms with Crippen LogP contribution in [-0.4, -0.2) is 72.7 Å². The summed E-state index contributed by atoms with van der Waals surface area (Å²) in [6.07, 6.45) is 31.2. The van der Waals surface area contributed by atoms with E-state index >= 15 is 0 Å². The maximum Gasteiger partial charge on any atom is 0.205 e. The second-order valence-electron chi connectivity index (χ2n) is 24.5.